The minimum atomic E-state index is -1.04. The maximum atomic E-state index is 11.1. The SMILES string of the molecule is C=C[C@](C)(O)CC[C@@]1(C)[C@H](C)CC[C@]2(C)[C@@H]1CC[C@@H](O)[C@]2(C)O. The molecule has 0 spiro atoms. The van der Waals surface area contributed by atoms with Gasteiger partial charge in [-0.05, 0) is 69.6 Å². The fourth-order valence-electron chi connectivity index (χ4n) is 5.38. The average Bonchev–Trinajstić information content (AvgIpc) is 2.48. The van der Waals surface area contributed by atoms with Crippen LogP contribution in [0.2, 0.25) is 0 Å². The Bertz CT molecular complexity index is 456. The van der Waals surface area contributed by atoms with Crippen molar-refractivity contribution < 1.29 is 15.3 Å². The molecule has 7 atom stereocenters. The molecule has 0 amide bonds. The first-order valence-corrected chi connectivity index (χ1v) is 9.17. The van der Waals surface area contributed by atoms with Crippen LogP contribution in [0.5, 0.6) is 0 Å². The first kappa shape index (κ1) is 19.0. The van der Waals surface area contributed by atoms with Crippen molar-refractivity contribution in [1.82, 2.24) is 0 Å². The quantitative estimate of drug-likeness (QED) is 0.692. The summed E-state index contributed by atoms with van der Waals surface area (Å²) in [5.41, 5.74) is -2.10. The third kappa shape index (κ3) is 2.89. The fraction of sp³-hybridized carbons (Fsp3) is 0.900. The summed E-state index contributed by atoms with van der Waals surface area (Å²) in [6, 6.07) is 0. The van der Waals surface area contributed by atoms with Crippen LogP contribution in [0.15, 0.2) is 12.7 Å². The summed E-state index contributed by atoms with van der Waals surface area (Å²) in [6.45, 7) is 14.2. The Labute approximate surface area is 141 Å². The zero-order valence-electron chi connectivity index (χ0n) is 15.6. The van der Waals surface area contributed by atoms with E-state index in [4.69, 9.17) is 0 Å². The molecule has 3 heteroatoms. The van der Waals surface area contributed by atoms with Gasteiger partial charge >= 0.3 is 0 Å². The van der Waals surface area contributed by atoms with Crippen molar-refractivity contribution in [3.63, 3.8) is 0 Å². The van der Waals surface area contributed by atoms with E-state index in [0.29, 0.717) is 24.7 Å². The Morgan fingerprint density at radius 1 is 1.22 bits per heavy atom. The van der Waals surface area contributed by atoms with Gasteiger partial charge in [-0.2, -0.15) is 0 Å². The monoisotopic (exact) mass is 324 g/mol. The molecular weight excluding hydrogens is 288 g/mol. The lowest BCUT2D eigenvalue weighted by Gasteiger charge is -2.64. The van der Waals surface area contributed by atoms with Crippen molar-refractivity contribution in [1.29, 1.82) is 0 Å². The molecular formula is C20H36O3. The molecule has 0 aliphatic heterocycles. The van der Waals surface area contributed by atoms with Gasteiger partial charge in [-0.1, -0.05) is 26.8 Å². The lowest BCUT2D eigenvalue weighted by Crippen LogP contribution is -2.65. The molecule has 0 unspecified atom stereocenters. The number of aliphatic hydroxyl groups excluding tert-OH is 1. The highest BCUT2D eigenvalue weighted by Crippen LogP contribution is 2.64. The Kier molecular flexibility index (Phi) is 4.83. The molecule has 2 aliphatic carbocycles. The smallest absolute Gasteiger partial charge is 0.0933 e. The third-order valence-corrected chi connectivity index (χ3v) is 7.93. The van der Waals surface area contributed by atoms with Crippen LogP contribution in [0.25, 0.3) is 0 Å². The van der Waals surface area contributed by atoms with E-state index in [1.165, 1.54) is 0 Å². The summed E-state index contributed by atoms with van der Waals surface area (Å²) in [5, 5.41) is 31.8. The Hall–Kier alpha value is -0.380. The minimum Gasteiger partial charge on any atom is -0.390 e. The standard InChI is InChI=1S/C20H36O3/c1-7-17(3,22)12-13-18(4)14(2)10-11-19(5)15(18)8-9-16(21)20(19,6)23/h7,14-16,21-23H,1,8-13H2,2-6H3/t14-,15-,16-,17+,18+,19-,20+/m1/s1. The number of hydrogen-bond donors (Lipinski definition) is 3. The summed E-state index contributed by atoms with van der Waals surface area (Å²) in [4.78, 5) is 0. The van der Waals surface area contributed by atoms with E-state index in [0.717, 1.165) is 25.7 Å². The first-order valence-electron chi connectivity index (χ1n) is 9.17. The van der Waals surface area contributed by atoms with Crippen LogP contribution in [0.3, 0.4) is 0 Å². The van der Waals surface area contributed by atoms with Crippen molar-refractivity contribution in [3.8, 4) is 0 Å². The molecule has 2 rings (SSSR count). The van der Waals surface area contributed by atoms with Gasteiger partial charge in [0, 0.05) is 5.41 Å². The topological polar surface area (TPSA) is 60.7 Å². The molecule has 0 bridgehead atoms. The Morgan fingerprint density at radius 2 is 1.83 bits per heavy atom. The normalized spacial score (nSPS) is 50.0. The second kappa shape index (κ2) is 5.86. The van der Waals surface area contributed by atoms with Crippen LogP contribution in [0.1, 0.15) is 73.1 Å². The predicted octanol–water partition coefficient (Wildman–Crippen LogP) is 3.67. The highest BCUT2D eigenvalue weighted by molar-refractivity contribution is 5.12. The van der Waals surface area contributed by atoms with Crippen LogP contribution >= 0.6 is 0 Å². The molecule has 134 valence electrons. The van der Waals surface area contributed by atoms with Gasteiger partial charge in [0.25, 0.3) is 0 Å². The van der Waals surface area contributed by atoms with Gasteiger partial charge in [-0.15, -0.1) is 6.58 Å². The molecule has 23 heavy (non-hydrogen) atoms. The van der Waals surface area contributed by atoms with E-state index in [1.807, 2.05) is 13.8 Å². The van der Waals surface area contributed by atoms with Gasteiger partial charge in [0.1, 0.15) is 0 Å². The summed E-state index contributed by atoms with van der Waals surface area (Å²) in [7, 11) is 0. The lowest BCUT2D eigenvalue weighted by molar-refractivity contribution is -0.236. The van der Waals surface area contributed by atoms with Gasteiger partial charge in [0.05, 0.1) is 17.3 Å². The fourth-order valence-corrected chi connectivity index (χ4v) is 5.38. The molecule has 0 aromatic rings. The van der Waals surface area contributed by atoms with Crippen molar-refractivity contribution in [2.75, 3.05) is 0 Å². The van der Waals surface area contributed by atoms with Gasteiger partial charge in [-0.3, -0.25) is 0 Å². The van der Waals surface area contributed by atoms with E-state index in [9.17, 15) is 15.3 Å². The summed E-state index contributed by atoms with van der Waals surface area (Å²) in [6.07, 6.45) is 6.22. The van der Waals surface area contributed by atoms with E-state index in [2.05, 4.69) is 27.4 Å². The van der Waals surface area contributed by atoms with Crippen molar-refractivity contribution >= 4 is 0 Å². The summed E-state index contributed by atoms with van der Waals surface area (Å²) < 4.78 is 0. The van der Waals surface area contributed by atoms with Crippen molar-refractivity contribution in [2.45, 2.75) is 90.4 Å². The molecule has 2 fully saturated rings. The Morgan fingerprint density at radius 3 is 2.39 bits per heavy atom. The van der Waals surface area contributed by atoms with Gasteiger partial charge in [0.2, 0.25) is 0 Å². The maximum Gasteiger partial charge on any atom is 0.0933 e. The summed E-state index contributed by atoms with van der Waals surface area (Å²) >= 11 is 0. The molecule has 0 aromatic carbocycles. The molecule has 0 saturated heterocycles. The average molecular weight is 325 g/mol. The van der Waals surface area contributed by atoms with Crippen LogP contribution in [-0.2, 0) is 0 Å². The number of fused-ring (bicyclic) bond motifs is 1. The van der Waals surface area contributed by atoms with Crippen LogP contribution in [-0.4, -0.2) is 32.6 Å². The van der Waals surface area contributed by atoms with Crippen molar-refractivity contribution in [3.05, 3.63) is 12.7 Å². The van der Waals surface area contributed by atoms with E-state index < -0.39 is 17.3 Å². The van der Waals surface area contributed by atoms with Crippen molar-refractivity contribution in [2.24, 2.45) is 22.7 Å². The molecule has 2 saturated carbocycles. The largest absolute Gasteiger partial charge is 0.390 e. The van der Waals surface area contributed by atoms with Gasteiger partial charge in [0.15, 0.2) is 0 Å². The zero-order valence-corrected chi connectivity index (χ0v) is 15.6. The lowest BCUT2D eigenvalue weighted by atomic mass is 9.43. The van der Waals surface area contributed by atoms with Gasteiger partial charge in [-0.25, -0.2) is 0 Å². The molecule has 0 radical (unpaired) electrons. The highest BCUT2D eigenvalue weighted by atomic mass is 16.3. The van der Waals surface area contributed by atoms with Crippen LogP contribution < -0.4 is 0 Å². The third-order valence-electron chi connectivity index (χ3n) is 7.93. The molecule has 3 nitrogen and oxygen atoms in total. The Balaban J connectivity index is 2.33. The highest BCUT2D eigenvalue weighted by Gasteiger charge is 2.62. The zero-order chi connectivity index (χ0) is 17.7. The maximum absolute atomic E-state index is 11.1. The van der Waals surface area contributed by atoms with Gasteiger partial charge < -0.3 is 15.3 Å². The molecule has 0 aromatic heterocycles. The van der Waals surface area contributed by atoms with E-state index >= 15 is 0 Å². The molecule has 2 aliphatic rings. The van der Waals surface area contributed by atoms with Crippen LogP contribution in [0, 0.1) is 22.7 Å². The number of hydrogen-bond acceptors (Lipinski definition) is 3. The second-order valence-corrected chi connectivity index (χ2v) is 9.22. The number of rotatable bonds is 4. The predicted molar refractivity (Wildman–Crippen MR) is 94.0 cm³/mol. The first-order chi connectivity index (χ1) is 10.4. The summed E-state index contributed by atoms with van der Waals surface area (Å²) in [5.74, 6) is 0.907. The number of aliphatic hydroxyl groups is 3. The minimum absolute atomic E-state index is 0.0597. The second-order valence-electron chi connectivity index (χ2n) is 9.22. The molecule has 0 heterocycles. The van der Waals surface area contributed by atoms with Crippen LogP contribution in [0.4, 0.5) is 0 Å². The molecule has 3 N–H and O–H groups in total. The van der Waals surface area contributed by atoms with E-state index in [-0.39, 0.29) is 10.8 Å². The van der Waals surface area contributed by atoms with E-state index in [1.54, 1.807) is 6.08 Å².